The quantitative estimate of drug-likeness (QED) is 0.834. The average Bonchev–Trinajstić information content (AvgIpc) is 2.69. The lowest BCUT2D eigenvalue weighted by molar-refractivity contribution is 0.0535. The van der Waals surface area contributed by atoms with Gasteiger partial charge in [-0.15, -0.1) is 0 Å². The molecular weight excluding hydrogens is 347 g/mol. The second kappa shape index (κ2) is 7.78. The zero-order chi connectivity index (χ0) is 19.6. The minimum Gasteiger partial charge on any atom is -0.496 e. The van der Waals surface area contributed by atoms with Gasteiger partial charge >= 0.3 is 0 Å². The molecule has 1 saturated heterocycles. The van der Waals surface area contributed by atoms with Gasteiger partial charge in [0, 0.05) is 37.3 Å². The Kier molecular flexibility index (Phi) is 5.44. The number of ether oxygens (including phenoxy) is 1. The zero-order valence-corrected chi connectivity index (χ0v) is 15.8. The normalized spacial score (nSPS) is 14.2. The Morgan fingerprint density at radius 1 is 0.852 bits per heavy atom. The van der Waals surface area contributed by atoms with Gasteiger partial charge in [-0.05, 0) is 61.4 Å². The van der Waals surface area contributed by atoms with Gasteiger partial charge in [-0.25, -0.2) is 4.39 Å². The Hall–Kier alpha value is -2.89. The molecule has 0 atom stereocenters. The van der Waals surface area contributed by atoms with E-state index in [4.69, 9.17) is 4.74 Å². The number of piperazine rings is 1. The fourth-order valence-corrected chi connectivity index (χ4v) is 3.27. The van der Waals surface area contributed by atoms with E-state index in [0.29, 0.717) is 42.9 Å². The van der Waals surface area contributed by atoms with Crippen molar-refractivity contribution in [3.05, 3.63) is 64.5 Å². The Morgan fingerprint density at radius 2 is 1.33 bits per heavy atom. The van der Waals surface area contributed by atoms with E-state index in [-0.39, 0.29) is 17.6 Å². The fraction of sp³-hybridized carbons (Fsp3) is 0.333. The molecule has 5 nitrogen and oxygen atoms in total. The molecule has 0 spiro atoms. The molecule has 0 N–H and O–H groups in total. The molecule has 0 aromatic heterocycles. The fourth-order valence-electron chi connectivity index (χ4n) is 3.27. The first-order valence-corrected chi connectivity index (χ1v) is 8.90. The van der Waals surface area contributed by atoms with E-state index in [2.05, 4.69) is 0 Å². The summed E-state index contributed by atoms with van der Waals surface area (Å²) in [4.78, 5) is 28.8. The number of hydrogen-bond donors (Lipinski definition) is 0. The number of benzene rings is 2. The van der Waals surface area contributed by atoms with Gasteiger partial charge in [0.05, 0.1) is 7.11 Å². The lowest BCUT2D eigenvalue weighted by atomic mass is 10.1. The Balaban J connectivity index is 1.64. The number of halogens is 1. The number of rotatable bonds is 3. The standard InChI is InChI=1S/C21H23FN2O3/c1-14-12-16(4-6-18(14)22)20(25)23-8-10-24(11-9-23)21(26)17-5-7-19(27-3)15(2)13-17/h4-7,12-13H,8-11H2,1-3H3. The summed E-state index contributed by atoms with van der Waals surface area (Å²) in [6, 6.07) is 9.75. The van der Waals surface area contributed by atoms with Gasteiger partial charge in [-0.2, -0.15) is 0 Å². The van der Waals surface area contributed by atoms with Crippen LogP contribution in [0.1, 0.15) is 31.8 Å². The van der Waals surface area contributed by atoms with E-state index < -0.39 is 0 Å². The molecule has 2 amide bonds. The Labute approximate surface area is 158 Å². The number of nitrogens with zero attached hydrogens (tertiary/aromatic N) is 2. The van der Waals surface area contributed by atoms with Crippen LogP contribution in [0.5, 0.6) is 5.75 Å². The highest BCUT2D eigenvalue weighted by atomic mass is 19.1. The van der Waals surface area contributed by atoms with E-state index in [0.717, 1.165) is 11.3 Å². The number of amides is 2. The number of carbonyl (C=O) groups is 2. The third-order valence-electron chi connectivity index (χ3n) is 4.90. The minimum atomic E-state index is -0.322. The molecular formula is C21H23FN2O3. The highest BCUT2D eigenvalue weighted by molar-refractivity contribution is 5.96. The van der Waals surface area contributed by atoms with Crippen LogP contribution in [0.2, 0.25) is 0 Å². The summed E-state index contributed by atoms with van der Waals surface area (Å²) in [5.74, 6) is 0.240. The molecule has 3 rings (SSSR count). The molecule has 1 aliphatic rings. The van der Waals surface area contributed by atoms with Crippen molar-refractivity contribution in [3.63, 3.8) is 0 Å². The van der Waals surface area contributed by atoms with Crippen molar-refractivity contribution in [3.8, 4) is 5.75 Å². The van der Waals surface area contributed by atoms with Gasteiger partial charge in [0.2, 0.25) is 0 Å². The molecule has 0 unspecified atom stereocenters. The summed E-state index contributed by atoms with van der Waals surface area (Å²) in [5, 5.41) is 0. The number of hydrogen-bond acceptors (Lipinski definition) is 3. The first-order chi connectivity index (χ1) is 12.9. The predicted molar refractivity (Wildman–Crippen MR) is 101 cm³/mol. The molecule has 142 valence electrons. The van der Waals surface area contributed by atoms with Crippen molar-refractivity contribution < 1.29 is 18.7 Å². The first kappa shape index (κ1) is 18.9. The average molecular weight is 370 g/mol. The van der Waals surface area contributed by atoms with Crippen molar-refractivity contribution in [2.24, 2.45) is 0 Å². The van der Waals surface area contributed by atoms with E-state index in [1.165, 1.54) is 12.1 Å². The second-order valence-electron chi connectivity index (χ2n) is 6.73. The van der Waals surface area contributed by atoms with Crippen LogP contribution >= 0.6 is 0 Å². The maximum atomic E-state index is 13.4. The van der Waals surface area contributed by atoms with Crippen LogP contribution < -0.4 is 4.74 Å². The molecule has 27 heavy (non-hydrogen) atoms. The summed E-state index contributed by atoms with van der Waals surface area (Å²) < 4.78 is 18.6. The smallest absolute Gasteiger partial charge is 0.253 e. The second-order valence-corrected chi connectivity index (χ2v) is 6.73. The monoisotopic (exact) mass is 370 g/mol. The van der Waals surface area contributed by atoms with Crippen LogP contribution in [0.15, 0.2) is 36.4 Å². The zero-order valence-electron chi connectivity index (χ0n) is 15.8. The van der Waals surface area contributed by atoms with Gasteiger partial charge in [0.1, 0.15) is 11.6 Å². The van der Waals surface area contributed by atoms with Crippen LogP contribution in [0.4, 0.5) is 4.39 Å². The van der Waals surface area contributed by atoms with Crippen LogP contribution in [-0.2, 0) is 0 Å². The lowest BCUT2D eigenvalue weighted by Crippen LogP contribution is -2.50. The number of methoxy groups -OCH3 is 1. The molecule has 0 saturated carbocycles. The third-order valence-corrected chi connectivity index (χ3v) is 4.90. The molecule has 0 aliphatic carbocycles. The van der Waals surface area contributed by atoms with Gasteiger partial charge in [0.25, 0.3) is 11.8 Å². The number of aryl methyl sites for hydroxylation is 2. The Bertz CT molecular complexity index is 874. The van der Waals surface area contributed by atoms with Gasteiger partial charge in [-0.1, -0.05) is 0 Å². The van der Waals surface area contributed by atoms with Crippen molar-refractivity contribution >= 4 is 11.8 Å². The summed E-state index contributed by atoms with van der Waals surface area (Å²) in [5.41, 5.74) is 2.44. The van der Waals surface area contributed by atoms with Crippen molar-refractivity contribution in [1.29, 1.82) is 0 Å². The van der Waals surface area contributed by atoms with Crippen molar-refractivity contribution in [1.82, 2.24) is 9.80 Å². The van der Waals surface area contributed by atoms with E-state index in [1.54, 1.807) is 42.0 Å². The summed E-state index contributed by atoms with van der Waals surface area (Å²) in [6.45, 7) is 5.38. The van der Waals surface area contributed by atoms with E-state index in [9.17, 15) is 14.0 Å². The summed E-state index contributed by atoms with van der Waals surface area (Å²) in [7, 11) is 1.60. The van der Waals surface area contributed by atoms with Gasteiger partial charge in [0.15, 0.2) is 0 Å². The molecule has 0 bridgehead atoms. The molecule has 1 heterocycles. The molecule has 2 aromatic rings. The molecule has 1 fully saturated rings. The third kappa shape index (κ3) is 3.94. The van der Waals surface area contributed by atoms with Gasteiger partial charge < -0.3 is 14.5 Å². The van der Waals surface area contributed by atoms with E-state index >= 15 is 0 Å². The summed E-state index contributed by atoms with van der Waals surface area (Å²) in [6.07, 6.45) is 0. The summed E-state index contributed by atoms with van der Waals surface area (Å²) >= 11 is 0. The maximum absolute atomic E-state index is 13.4. The maximum Gasteiger partial charge on any atom is 0.253 e. The number of carbonyl (C=O) groups excluding carboxylic acids is 2. The van der Waals surface area contributed by atoms with E-state index in [1.807, 2.05) is 13.0 Å². The Morgan fingerprint density at radius 3 is 1.78 bits per heavy atom. The topological polar surface area (TPSA) is 49.9 Å². The van der Waals surface area contributed by atoms with Crippen LogP contribution in [-0.4, -0.2) is 54.9 Å². The van der Waals surface area contributed by atoms with Crippen LogP contribution in [0, 0.1) is 19.7 Å². The SMILES string of the molecule is COc1ccc(C(=O)N2CCN(C(=O)c3ccc(F)c(C)c3)CC2)cc1C. The van der Waals surface area contributed by atoms with Crippen molar-refractivity contribution in [2.45, 2.75) is 13.8 Å². The lowest BCUT2D eigenvalue weighted by Gasteiger charge is -2.35. The molecule has 1 aliphatic heterocycles. The highest BCUT2D eigenvalue weighted by Crippen LogP contribution is 2.20. The van der Waals surface area contributed by atoms with Crippen LogP contribution in [0.25, 0.3) is 0 Å². The van der Waals surface area contributed by atoms with Crippen molar-refractivity contribution in [2.75, 3.05) is 33.3 Å². The minimum absolute atomic E-state index is 0.0505. The van der Waals surface area contributed by atoms with Crippen LogP contribution in [0.3, 0.4) is 0 Å². The molecule has 0 radical (unpaired) electrons. The largest absolute Gasteiger partial charge is 0.496 e. The highest BCUT2D eigenvalue weighted by Gasteiger charge is 2.26. The predicted octanol–water partition coefficient (Wildman–Crippen LogP) is 3.05. The first-order valence-electron chi connectivity index (χ1n) is 8.90. The molecule has 2 aromatic carbocycles. The van der Waals surface area contributed by atoms with Gasteiger partial charge in [-0.3, -0.25) is 9.59 Å². The molecule has 6 heteroatoms.